The second-order valence-electron chi connectivity index (χ2n) is 4.19. The van der Waals surface area contributed by atoms with Crippen LogP contribution in [-0.2, 0) is 9.84 Å². The zero-order valence-electron chi connectivity index (χ0n) is 9.12. The summed E-state index contributed by atoms with van der Waals surface area (Å²) in [5.41, 5.74) is 1.03. The zero-order valence-corrected chi connectivity index (χ0v) is 12.8. The second kappa shape index (κ2) is 5.32. The van der Waals surface area contributed by atoms with E-state index in [0.717, 1.165) is 9.26 Å². The molecule has 0 unspecified atom stereocenters. The van der Waals surface area contributed by atoms with E-state index in [1.54, 1.807) is 0 Å². The van der Waals surface area contributed by atoms with E-state index in [1.807, 2.05) is 18.2 Å². The van der Waals surface area contributed by atoms with Crippen LogP contribution in [0.3, 0.4) is 0 Å². The maximum Gasteiger partial charge on any atom is 0.150 e. The topological polar surface area (TPSA) is 46.2 Å². The van der Waals surface area contributed by atoms with Crippen LogP contribution in [0.1, 0.15) is 12.8 Å². The lowest BCUT2D eigenvalue weighted by atomic mass is 10.1. The van der Waals surface area contributed by atoms with Crippen molar-refractivity contribution in [1.29, 1.82) is 0 Å². The van der Waals surface area contributed by atoms with E-state index in [-0.39, 0.29) is 17.5 Å². The molecule has 1 aromatic carbocycles. The minimum Gasteiger partial charge on any atom is -0.381 e. The van der Waals surface area contributed by atoms with E-state index in [2.05, 4.69) is 27.9 Å². The minimum atomic E-state index is -2.79. The third-order valence-electron chi connectivity index (χ3n) is 2.85. The van der Waals surface area contributed by atoms with E-state index >= 15 is 0 Å². The van der Waals surface area contributed by atoms with Crippen molar-refractivity contribution in [3.05, 3.63) is 26.8 Å². The van der Waals surface area contributed by atoms with Crippen LogP contribution in [0.2, 0.25) is 5.02 Å². The molecule has 1 aromatic rings. The molecule has 1 fully saturated rings. The van der Waals surface area contributed by atoms with Gasteiger partial charge in [0.1, 0.15) is 9.84 Å². The summed E-state index contributed by atoms with van der Waals surface area (Å²) in [6.45, 7) is 0. The first-order valence-electron chi connectivity index (χ1n) is 5.38. The molecule has 0 amide bonds. The predicted molar refractivity (Wildman–Crippen MR) is 79.5 cm³/mol. The smallest absolute Gasteiger partial charge is 0.150 e. The van der Waals surface area contributed by atoms with Crippen molar-refractivity contribution < 1.29 is 8.42 Å². The summed E-state index contributed by atoms with van der Waals surface area (Å²) < 4.78 is 23.7. The number of sulfone groups is 1. The zero-order chi connectivity index (χ0) is 12.5. The molecule has 0 radical (unpaired) electrons. The molecule has 17 heavy (non-hydrogen) atoms. The molecule has 0 aliphatic carbocycles. The van der Waals surface area contributed by atoms with Gasteiger partial charge in [0.05, 0.1) is 11.5 Å². The van der Waals surface area contributed by atoms with Crippen LogP contribution < -0.4 is 5.32 Å². The quantitative estimate of drug-likeness (QED) is 0.796. The van der Waals surface area contributed by atoms with E-state index < -0.39 is 9.84 Å². The summed E-state index contributed by atoms with van der Waals surface area (Å²) >= 11 is 8.11. The Morgan fingerprint density at radius 1 is 1.29 bits per heavy atom. The summed E-state index contributed by atoms with van der Waals surface area (Å²) in [7, 11) is -2.79. The van der Waals surface area contributed by atoms with Gasteiger partial charge in [0.25, 0.3) is 0 Å². The SMILES string of the molecule is O=S1(=O)CCC(Nc2ccc(Cl)cc2I)CC1. The van der Waals surface area contributed by atoms with Crippen LogP contribution in [0.25, 0.3) is 0 Å². The molecular formula is C11H13ClINO2S. The summed E-state index contributed by atoms with van der Waals surface area (Å²) in [6.07, 6.45) is 1.36. The molecule has 0 atom stereocenters. The van der Waals surface area contributed by atoms with E-state index in [4.69, 9.17) is 11.6 Å². The third-order valence-corrected chi connectivity index (χ3v) is 5.69. The highest BCUT2D eigenvalue weighted by molar-refractivity contribution is 14.1. The first-order valence-corrected chi connectivity index (χ1v) is 8.66. The Labute approximate surface area is 120 Å². The number of nitrogens with one attached hydrogen (secondary N) is 1. The average molecular weight is 386 g/mol. The molecule has 2 rings (SSSR count). The second-order valence-corrected chi connectivity index (χ2v) is 8.10. The van der Waals surface area contributed by atoms with Gasteiger partial charge < -0.3 is 5.32 Å². The maximum absolute atomic E-state index is 11.3. The molecule has 0 spiro atoms. The summed E-state index contributed by atoms with van der Waals surface area (Å²) in [6, 6.07) is 5.91. The van der Waals surface area contributed by atoms with Gasteiger partial charge in [0.2, 0.25) is 0 Å². The first kappa shape index (κ1) is 13.4. The van der Waals surface area contributed by atoms with Gasteiger partial charge >= 0.3 is 0 Å². The van der Waals surface area contributed by atoms with Crippen molar-refractivity contribution in [2.75, 3.05) is 16.8 Å². The Morgan fingerprint density at radius 3 is 2.53 bits per heavy atom. The van der Waals surface area contributed by atoms with Gasteiger partial charge in [-0.2, -0.15) is 0 Å². The van der Waals surface area contributed by atoms with E-state index in [0.29, 0.717) is 17.9 Å². The van der Waals surface area contributed by atoms with Crippen LogP contribution in [0, 0.1) is 3.57 Å². The molecule has 1 aliphatic rings. The molecule has 1 saturated heterocycles. The third kappa shape index (κ3) is 3.72. The van der Waals surface area contributed by atoms with Gasteiger partial charge in [-0.1, -0.05) is 11.6 Å². The molecule has 1 N–H and O–H groups in total. The highest BCUT2D eigenvalue weighted by Gasteiger charge is 2.23. The highest BCUT2D eigenvalue weighted by atomic mass is 127. The van der Waals surface area contributed by atoms with Crippen molar-refractivity contribution in [1.82, 2.24) is 0 Å². The van der Waals surface area contributed by atoms with E-state index in [1.165, 1.54) is 0 Å². The molecule has 94 valence electrons. The normalized spacial score (nSPS) is 20.1. The average Bonchev–Trinajstić information content (AvgIpc) is 2.25. The number of rotatable bonds is 2. The number of hydrogen-bond acceptors (Lipinski definition) is 3. The summed E-state index contributed by atoms with van der Waals surface area (Å²) in [5.74, 6) is 0.573. The number of halogens is 2. The number of anilines is 1. The lowest BCUT2D eigenvalue weighted by Gasteiger charge is -2.24. The van der Waals surface area contributed by atoms with Crippen LogP contribution in [-0.4, -0.2) is 26.0 Å². The highest BCUT2D eigenvalue weighted by Crippen LogP contribution is 2.25. The van der Waals surface area contributed by atoms with Gasteiger partial charge in [-0.3, -0.25) is 0 Å². The molecular weight excluding hydrogens is 373 g/mol. The largest absolute Gasteiger partial charge is 0.381 e. The van der Waals surface area contributed by atoms with Crippen molar-refractivity contribution in [2.24, 2.45) is 0 Å². The van der Waals surface area contributed by atoms with Gasteiger partial charge in [-0.15, -0.1) is 0 Å². The molecule has 0 saturated carbocycles. The van der Waals surface area contributed by atoms with Gasteiger partial charge in [0, 0.05) is 20.3 Å². The number of benzene rings is 1. The van der Waals surface area contributed by atoms with Crippen molar-refractivity contribution >= 4 is 49.7 Å². The standard InChI is InChI=1S/C11H13ClINO2S/c12-8-1-2-11(10(13)7-8)14-9-3-5-17(15,16)6-4-9/h1-2,7,9,14H,3-6H2. The van der Waals surface area contributed by atoms with Gasteiger partial charge in [0.15, 0.2) is 0 Å². The van der Waals surface area contributed by atoms with E-state index in [9.17, 15) is 8.42 Å². The monoisotopic (exact) mass is 385 g/mol. The van der Waals surface area contributed by atoms with Crippen LogP contribution in [0.15, 0.2) is 18.2 Å². The fourth-order valence-corrected chi connectivity index (χ4v) is 4.38. The van der Waals surface area contributed by atoms with Crippen molar-refractivity contribution in [3.63, 3.8) is 0 Å². The van der Waals surface area contributed by atoms with Crippen LogP contribution in [0.4, 0.5) is 5.69 Å². The van der Waals surface area contributed by atoms with Crippen LogP contribution >= 0.6 is 34.2 Å². The fraction of sp³-hybridized carbons (Fsp3) is 0.455. The van der Waals surface area contributed by atoms with Crippen molar-refractivity contribution in [3.8, 4) is 0 Å². The first-order chi connectivity index (χ1) is 7.96. The molecule has 0 bridgehead atoms. The molecule has 0 aromatic heterocycles. The Balaban J connectivity index is 2.02. The summed E-state index contributed by atoms with van der Waals surface area (Å²) in [4.78, 5) is 0. The van der Waals surface area contributed by atoms with Crippen LogP contribution in [0.5, 0.6) is 0 Å². The fourth-order valence-electron chi connectivity index (χ4n) is 1.86. The summed E-state index contributed by atoms with van der Waals surface area (Å²) in [5, 5.41) is 4.10. The predicted octanol–water partition coefficient (Wildman–Crippen LogP) is 2.93. The van der Waals surface area contributed by atoms with Gasteiger partial charge in [-0.05, 0) is 53.6 Å². The molecule has 1 heterocycles. The van der Waals surface area contributed by atoms with Crippen molar-refractivity contribution in [2.45, 2.75) is 18.9 Å². The Kier molecular flexibility index (Phi) is 4.20. The lowest BCUT2D eigenvalue weighted by Crippen LogP contribution is -2.32. The number of hydrogen-bond donors (Lipinski definition) is 1. The molecule has 3 nitrogen and oxygen atoms in total. The Bertz CT molecular complexity index is 504. The Morgan fingerprint density at radius 2 is 1.94 bits per heavy atom. The lowest BCUT2D eigenvalue weighted by molar-refractivity contribution is 0.559. The molecule has 6 heteroatoms. The molecule has 1 aliphatic heterocycles. The van der Waals surface area contributed by atoms with Gasteiger partial charge in [-0.25, -0.2) is 8.42 Å². The Hall–Kier alpha value is -0.0100. The maximum atomic E-state index is 11.3. The minimum absolute atomic E-state index is 0.244.